The van der Waals surface area contributed by atoms with Crippen LogP contribution in [0.5, 0.6) is 5.75 Å². The third kappa shape index (κ3) is 3.26. The number of rotatable bonds is 4. The average Bonchev–Trinajstić information content (AvgIpc) is 2.78. The fourth-order valence-corrected chi connectivity index (χ4v) is 2.29. The molecule has 1 aromatic rings. The Morgan fingerprint density at radius 2 is 2.20 bits per heavy atom. The number of carboxylic acids is 1. The predicted molar refractivity (Wildman–Crippen MR) is 68.8 cm³/mol. The van der Waals surface area contributed by atoms with E-state index in [1.807, 2.05) is 0 Å². The third-order valence-electron chi connectivity index (χ3n) is 3.44. The molecule has 1 aliphatic heterocycles. The first-order valence-corrected chi connectivity index (χ1v) is 6.36. The normalized spacial score (nSPS) is 21.8. The van der Waals surface area contributed by atoms with Crippen LogP contribution < -0.4 is 4.74 Å². The Morgan fingerprint density at radius 3 is 2.80 bits per heavy atom. The first kappa shape index (κ1) is 14.3. The topological polar surface area (TPSA) is 66.8 Å². The van der Waals surface area contributed by atoms with Gasteiger partial charge >= 0.3 is 5.97 Å². The Hall–Kier alpha value is -2.11. The molecule has 2 rings (SSSR count). The number of likely N-dealkylation sites (tertiary alicyclic amines) is 1. The lowest BCUT2D eigenvalue weighted by Crippen LogP contribution is -2.33. The lowest BCUT2D eigenvalue weighted by molar-refractivity contribution is -0.142. The standard InChI is InChI=1S/C14H16FNO4/c1-9-6-16(7-12(9)14(18)19)13(17)8-20-11-4-2-3-10(15)5-11/h2-5,9,12H,6-8H2,1H3,(H,18,19). The van der Waals surface area contributed by atoms with Crippen LogP contribution in [0.15, 0.2) is 24.3 Å². The van der Waals surface area contributed by atoms with Gasteiger partial charge in [0.05, 0.1) is 5.92 Å². The van der Waals surface area contributed by atoms with Gasteiger partial charge in [-0.1, -0.05) is 13.0 Å². The fraction of sp³-hybridized carbons (Fsp3) is 0.429. The predicted octanol–water partition coefficient (Wildman–Crippen LogP) is 1.38. The van der Waals surface area contributed by atoms with E-state index in [9.17, 15) is 14.0 Å². The van der Waals surface area contributed by atoms with Crippen molar-refractivity contribution in [2.45, 2.75) is 6.92 Å². The molecule has 1 aliphatic rings. The van der Waals surface area contributed by atoms with Gasteiger partial charge in [0.25, 0.3) is 5.91 Å². The van der Waals surface area contributed by atoms with Crippen LogP contribution in [0.2, 0.25) is 0 Å². The summed E-state index contributed by atoms with van der Waals surface area (Å²) in [6, 6.07) is 5.53. The van der Waals surface area contributed by atoms with E-state index in [0.29, 0.717) is 6.54 Å². The highest BCUT2D eigenvalue weighted by molar-refractivity contribution is 5.80. The number of nitrogens with zero attached hydrogens (tertiary/aromatic N) is 1. The highest BCUT2D eigenvalue weighted by Crippen LogP contribution is 2.23. The van der Waals surface area contributed by atoms with Crippen LogP contribution >= 0.6 is 0 Å². The number of hydrogen-bond acceptors (Lipinski definition) is 3. The summed E-state index contributed by atoms with van der Waals surface area (Å²) in [5.41, 5.74) is 0. The largest absolute Gasteiger partial charge is 0.484 e. The molecule has 2 atom stereocenters. The van der Waals surface area contributed by atoms with E-state index in [0.717, 1.165) is 0 Å². The minimum Gasteiger partial charge on any atom is -0.484 e. The number of ether oxygens (including phenoxy) is 1. The highest BCUT2D eigenvalue weighted by Gasteiger charge is 2.36. The fourth-order valence-electron chi connectivity index (χ4n) is 2.29. The monoisotopic (exact) mass is 281 g/mol. The maximum atomic E-state index is 12.9. The Morgan fingerprint density at radius 1 is 1.45 bits per heavy atom. The molecule has 0 spiro atoms. The number of amides is 1. The molecule has 0 aromatic heterocycles. The molecular weight excluding hydrogens is 265 g/mol. The second-order valence-electron chi connectivity index (χ2n) is 4.97. The lowest BCUT2D eigenvalue weighted by Gasteiger charge is -2.16. The van der Waals surface area contributed by atoms with E-state index in [1.54, 1.807) is 13.0 Å². The van der Waals surface area contributed by atoms with E-state index >= 15 is 0 Å². The van der Waals surface area contributed by atoms with Crippen molar-refractivity contribution in [3.63, 3.8) is 0 Å². The average molecular weight is 281 g/mol. The zero-order chi connectivity index (χ0) is 14.7. The van der Waals surface area contributed by atoms with Gasteiger partial charge in [0.2, 0.25) is 0 Å². The quantitative estimate of drug-likeness (QED) is 0.905. The Kier molecular flexibility index (Phi) is 4.22. The van der Waals surface area contributed by atoms with Crippen molar-refractivity contribution in [1.82, 2.24) is 4.90 Å². The maximum absolute atomic E-state index is 12.9. The number of carbonyl (C=O) groups is 2. The molecule has 20 heavy (non-hydrogen) atoms. The SMILES string of the molecule is CC1CN(C(=O)COc2cccc(F)c2)CC1C(=O)O. The maximum Gasteiger partial charge on any atom is 0.308 e. The van der Waals surface area contributed by atoms with Gasteiger partial charge < -0.3 is 14.7 Å². The van der Waals surface area contributed by atoms with Gasteiger partial charge in [-0.05, 0) is 18.1 Å². The smallest absolute Gasteiger partial charge is 0.308 e. The molecule has 0 aliphatic carbocycles. The van der Waals surface area contributed by atoms with Crippen LogP contribution in [0.4, 0.5) is 4.39 Å². The molecular formula is C14H16FNO4. The van der Waals surface area contributed by atoms with Crippen molar-refractivity contribution in [2.75, 3.05) is 19.7 Å². The Labute approximate surface area is 116 Å². The summed E-state index contributed by atoms with van der Waals surface area (Å²) in [6.45, 7) is 2.19. The number of carboxylic acid groups (broad SMARTS) is 1. The van der Waals surface area contributed by atoms with Gasteiger partial charge in [0.1, 0.15) is 11.6 Å². The van der Waals surface area contributed by atoms with Crippen molar-refractivity contribution in [1.29, 1.82) is 0 Å². The third-order valence-corrected chi connectivity index (χ3v) is 3.44. The van der Waals surface area contributed by atoms with E-state index in [2.05, 4.69) is 0 Å². The van der Waals surface area contributed by atoms with Gasteiger partial charge in [-0.25, -0.2) is 4.39 Å². The van der Waals surface area contributed by atoms with Crippen molar-refractivity contribution in [3.8, 4) is 5.75 Å². The van der Waals surface area contributed by atoms with E-state index in [-0.39, 0.29) is 30.7 Å². The molecule has 1 saturated heterocycles. The van der Waals surface area contributed by atoms with Gasteiger partial charge in [-0.15, -0.1) is 0 Å². The van der Waals surface area contributed by atoms with Crippen LogP contribution in [0, 0.1) is 17.7 Å². The molecule has 0 radical (unpaired) electrons. The van der Waals surface area contributed by atoms with E-state index < -0.39 is 17.7 Å². The number of carbonyl (C=O) groups excluding carboxylic acids is 1. The Balaban J connectivity index is 1.88. The number of hydrogen-bond donors (Lipinski definition) is 1. The van der Waals surface area contributed by atoms with Gasteiger partial charge in [0.15, 0.2) is 6.61 Å². The minimum absolute atomic E-state index is 0.0781. The zero-order valence-corrected chi connectivity index (χ0v) is 11.1. The summed E-state index contributed by atoms with van der Waals surface area (Å²) in [4.78, 5) is 24.4. The van der Waals surface area contributed by atoms with E-state index in [4.69, 9.17) is 9.84 Å². The van der Waals surface area contributed by atoms with Crippen LogP contribution in [0.25, 0.3) is 0 Å². The first-order chi connectivity index (χ1) is 9.47. The molecule has 0 saturated carbocycles. The lowest BCUT2D eigenvalue weighted by atomic mass is 9.99. The van der Waals surface area contributed by atoms with Crippen molar-refractivity contribution in [2.24, 2.45) is 11.8 Å². The first-order valence-electron chi connectivity index (χ1n) is 6.36. The van der Waals surface area contributed by atoms with Crippen molar-refractivity contribution < 1.29 is 23.8 Å². The van der Waals surface area contributed by atoms with Gasteiger partial charge in [0, 0.05) is 19.2 Å². The van der Waals surface area contributed by atoms with Crippen molar-refractivity contribution in [3.05, 3.63) is 30.1 Å². The van der Waals surface area contributed by atoms with Crippen LogP contribution in [-0.4, -0.2) is 41.6 Å². The van der Waals surface area contributed by atoms with Gasteiger partial charge in [-0.2, -0.15) is 0 Å². The summed E-state index contributed by atoms with van der Waals surface area (Å²) in [5.74, 6) is -1.95. The summed E-state index contributed by atoms with van der Waals surface area (Å²) >= 11 is 0. The summed E-state index contributed by atoms with van der Waals surface area (Å²) in [7, 11) is 0. The second kappa shape index (κ2) is 5.90. The van der Waals surface area contributed by atoms with Crippen LogP contribution in [0.1, 0.15) is 6.92 Å². The molecule has 1 fully saturated rings. The van der Waals surface area contributed by atoms with Crippen LogP contribution in [-0.2, 0) is 9.59 Å². The highest BCUT2D eigenvalue weighted by atomic mass is 19.1. The summed E-state index contributed by atoms with van der Waals surface area (Å²) in [5, 5.41) is 9.01. The molecule has 1 amide bonds. The molecule has 1 aromatic carbocycles. The molecule has 1 N–H and O–H groups in total. The Bertz CT molecular complexity index is 520. The van der Waals surface area contributed by atoms with Crippen LogP contribution in [0.3, 0.4) is 0 Å². The number of benzene rings is 1. The molecule has 108 valence electrons. The molecule has 5 nitrogen and oxygen atoms in total. The van der Waals surface area contributed by atoms with E-state index in [1.165, 1.54) is 23.1 Å². The summed E-state index contributed by atoms with van der Waals surface area (Å²) < 4.78 is 18.2. The second-order valence-corrected chi connectivity index (χ2v) is 4.97. The van der Waals surface area contributed by atoms with Crippen molar-refractivity contribution >= 4 is 11.9 Å². The minimum atomic E-state index is -0.890. The van der Waals surface area contributed by atoms with Gasteiger partial charge in [-0.3, -0.25) is 9.59 Å². The number of halogens is 1. The molecule has 6 heteroatoms. The number of aliphatic carboxylic acids is 1. The zero-order valence-electron chi connectivity index (χ0n) is 11.1. The molecule has 2 unspecified atom stereocenters. The molecule has 1 heterocycles. The molecule has 0 bridgehead atoms. The summed E-state index contributed by atoms with van der Waals surface area (Å²) in [6.07, 6.45) is 0.